The fraction of sp³-hybridized carbons (Fsp3) is 0.826. The summed E-state index contributed by atoms with van der Waals surface area (Å²) < 4.78 is 22.0. The molecular formula is C23H39NO9. The van der Waals surface area contributed by atoms with Gasteiger partial charge in [0.25, 0.3) is 0 Å². The van der Waals surface area contributed by atoms with Crippen LogP contribution in [0, 0.1) is 0 Å². The van der Waals surface area contributed by atoms with Gasteiger partial charge in [0.1, 0.15) is 18.8 Å². The van der Waals surface area contributed by atoms with Gasteiger partial charge in [-0.3, -0.25) is 19.2 Å². The summed E-state index contributed by atoms with van der Waals surface area (Å²) in [4.78, 5) is 48.6. The SMILES string of the molecule is CCCCC(=O)OC[C@H]1O[C@@H](O)[C@@H](NC(C)=O)[C@@H](OC(=O)CCCC)[C@@H]1OC(=O)CCCC. The molecule has 0 saturated carbocycles. The Hall–Kier alpha value is -2.20. The summed E-state index contributed by atoms with van der Waals surface area (Å²) in [6, 6.07) is -1.16. The van der Waals surface area contributed by atoms with E-state index in [0.717, 1.165) is 19.3 Å². The van der Waals surface area contributed by atoms with Crippen LogP contribution < -0.4 is 5.32 Å². The third-order valence-electron chi connectivity index (χ3n) is 5.18. The normalized spacial score (nSPS) is 24.6. The van der Waals surface area contributed by atoms with Gasteiger partial charge in [0.2, 0.25) is 5.91 Å². The Morgan fingerprint density at radius 1 is 0.818 bits per heavy atom. The molecule has 0 aliphatic carbocycles. The third-order valence-corrected chi connectivity index (χ3v) is 5.18. The number of unbranched alkanes of at least 4 members (excludes halogenated alkanes) is 3. The van der Waals surface area contributed by atoms with Crippen LogP contribution in [0.2, 0.25) is 0 Å². The van der Waals surface area contributed by atoms with Crippen molar-refractivity contribution in [1.29, 1.82) is 0 Å². The van der Waals surface area contributed by atoms with Gasteiger partial charge in [0, 0.05) is 26.2 Å². The lowest BCUT2D eigenvalue weighted by molar-refractivity contribution is -0.265. The Kier molecular flexibility index (Phi) is 13.6. The molecule has 1 amide bonds. The number of carbonyl (C=O) groups excluding carboxylic acids is 4. The Labute approximate surface area is 195 Å². The quantitative estimate of drug-likeness (QED) is 0.287. The topological polar surface area (TPSA) is 137 Å². The maximum Gasteiger partial charge on any atom is 0.306 e. The van der Waals surface area contributed by atoms with Crippen molar-refractivity contribution in [1.82, 2.24) is 5.32 Å². The molecule has 1 aliphatic heterocycles. The molecular weight excluding hydrogens is 434 g/mol. The minimum atomic E-state index is -1.57. The molecule has 1 fully saturated rings. The molecule has 190 valence electrons. The minimum absolute atomic E-state index is 0.129. The number of rotatable bonds is 14. The second kappa shape index (κ2) is 15.6. The first-order valence-corrected chi connectivity index (χ1v) is 11.9. The molecule has 5 atom stereocenters. The van der Waals surface area contributed by atoms with E-state index in [1.54, 1.807) is 0 Å². The van der Waals surface area contributed by atoms with Crippen LogP contribution in [0.15, 0.2) is 0 Å². The second-order valence-electron chi connectivity index (χ2n) is 8.19. The number of aliphatic hydroxyl groups excluding tert-OH is 1. The van der Waals surface area contributed by atoms with Gasteiger partial charge in [-0.25, -0.2) is 0 Å². The lowest BCUT2D eigenvalue weighted by Gasteiger charge is -2.43. The predicted octanol–water partition coefficient (Wildman–Crippen LogP) is 2.15. The van der Waals surface area contributed by atoms with Gasteiger partial charge in [-0.05, 0) is 19.3 Å². The summed E-state index contributed by atoms with van der Waals surface area (Å²) >= 11 is 0. The van der Waals surface area contributed by atoms with Gasteiger partial charge in [-0.15, -0.1) is 0 Å². The number of esters is 3. The first-order chi connectivity index (χ1) is 15.7. The summed E-state index contributed by atoms with van der Waals surface area (Å²) in [5, 5.41) is 13.1. The zero-order chi connectivity index (χ0) is 24.8. The van der Waals surface area contributed by atoms with Gasteiger partial charge in [-0.1, -0.05) is 40.0 Å². The van der Waals surface area contributed by atoms with E-state index >= 15 is 0 Å². The van der Waals surface area contributed by atoms with Crippen LogP contribution in [0.1, 0.15) is 85.5 Å². The van der Waals surface area contributed by atoms with Crippen molar-refractivity contribution in [2.75, 3.05) is 6.61 Å². The Balaban J connectivity index is 3.13. The number of carbonyl (C=O) groups is 4. The highest BCUT2D eigenvalue weighted by atomic mass is 16.7. The molecule has 10 nitrogen and oxygen atoms in total. The molecule has 1 saturated heterocycles. The van der Waals surface area contributed by atoms with Crippen molar-refractivity contribution < 1.29 is 43.2 Å². The molecule has 0 bridgehead atoms. The summed E-state index contributed by atoms with van der Waals surface area (Å²) in [5.41, 5.74) is 0. The third kappa shape index (κ3) is 10.5. The molecule has 0 aromatic heterocycles. The fourth-order valence-corrected chi connectivity index (χ4v) is 3.36. The number of hydrogen-bond acceptors (Lipinski definition) is 9. The van der Waals surface area contributed by atoms with E-state index in [4.69, 9.17) is 18.9 Å². The van der Waals surface area contributed by atoms with Crippen LogP contribution in [0.25, 0.3) is 0 Å². The highest BCUT2D eigenvalue weighted by Gasteiger charge is 2.50. The van der Waals surface area contributed by atoms with Crippen LogP contribution in [-0.2, 0) is 38.1 Å². The number of aliphatic hydroxyl groups is 1. The lowest BCUT2D eigenvalue weighted by atomic mass is 9.96. The molecule has 10 heteroatoms. The van der Waals surface area contributed by atoms with Crippen LogP contribution >= 0.6 is 0 Å². The smallest absolute Gasteiger partial charge is 0.306 e. The molecule has 1 heterocycles. The molecule has 0 unspecified atom stereocenters. The minimum Gasteiger partial charge on any atom is -0.463 e. The van der Waals surface area contributed by atoms with E-state index < -0.39 is 54.5 Å². The monoisotopic (exact) mass is 473 g/mol. The fourth-order valence-electron chi connectivity index (χ4n) is 3.36. The van der Waals surface area contributed by atoms with Gasteiger partial charge >= 0.3 is 17.9 Å². The summed E-state index contributed by atoms with van der Waals surface area (Å²) in [6.07, 6.45) is -0.343. The van der Waals surface area contributed by atoms with Crippen LogP contribution in [0.4, 0.5) is 0 Å². The van der Waals surface area contributed by atoms with Crippen LogP contribution in [0.5, 0.6) is 0 Å². The second-order valence-corrected chi connectivity index (χ2v) is 8.19. The molecule has 1 rings (SSSR count). The number of ether oxygens (including phenoxy) is 4. The first-order valence-electron chi connectivity index (χ1n) is 11.9. The van der Waals surface area contributed by atoms with E-state index in [-0.39, 0.29) is 25.9 Å². The first kappa shape index (κ1) is 28.8. The molecule has 0 aromatic rings. The molecule has 33 heavy (non-hydrogen) atoms. The Morgan fingerprint density at radius 2 is 1.30 bits per heavy atom. The van der Waals surface area contributed by atoms with Gasteiger partial charge in [-0.2, -0.15) is 0 Å². The average Bonchev–Trinajstić information content (AvgIpc) is 2.77. The molecule has 1 aliphatic rings. The molecule has 0 aromatic carbocycles. The van der Waals surface area contributed by atoms with Crippen molar-refractivity contribution >= 4 is 23.8 Å². The average molecular weight is 474 g/mol. The number of amides is 1. The number of hydrogen-bond donors (Lipinski definition) is 2. The van der Waals surface area contributed by atoms with Crippen LogP contribution in [-0.4, -0.2) is 66.2 Å². The largest absolute Gasteiger partial charge is 0.463 e. The van der Waals surface area contributed by atoms with Crippen LogP contribution in [0.3, 0.4) is 0 Å². The maximum atomic E-state index is 12.4. The van der Waals surface area contributed by atoms with Gasteiger partial charge < -0.3 is 29.4 Å². The van der Waals surface area contributed by atoms with Crippen molar-refractivity contribution in [3.05, 3.63) is 0 Å². The highest BCUT2D eigenvalue weighted by Crippen LogP contribution is 2.27. The van der Waals surface area contributed by atoms with Crippen molar-refractivity contribution in [3.63, 3.8) is 0 Å². The zero-order valence-electron chi connectivity index (χ0n) is 20.2. The van der Waals surface area contributed by atoms with Crippen molar-refractivity contribution in [2.45, 2.75) is 116 Å². The zero-order valence-corrected chi connectivity index (χ0v) is 20.2. The Morgan fingerprint density at radius 3 is 1.79 bits per heavy atom. The summed E-state index contributed by atoms with van der Waals surface area (Å²) in [5.74, 6) is -2.04. The molecule has 0 radical (unpaired) electrons. The predicted molar refractivity (Wildman–Crippen MR) is 118 cm³/mol. The van der Waals surface area contributed by atoms with E-state index in [1.165, 1.54) is 6.92 Å². The van der Waals surface area contributed by atoms with E-state index in [9.17, 15) is 24.3 Å². The standard InChI is InChI=1S/C23H39NO9/c1-5-8-11-17(26)30-14-16-21(32-18(27)12-9-6-2)22(33-19(28)13-10-7-3)20(23(29)31-16)24-15(4)25/h16,20-23,29H,5-14H2,1-4H3,(H,24,25)/t16-,20+,21-,22-,23-/m1/s1. The van der Waals surface area contributed by atoms with Gasteiger partial charge in [0.15, 0.2) is 18.5 Å². The lowest BCUT2D eigenvalue weighted by Crippen LogP contribution is -2.66. The molecule has 0 spiro atoms. The highest BCUT2D eigenvalue weighted by molar-refractivity contribution is 5.74. The summed E-state index contributed by atoms with van der Waals surface area (Å²) in [6.45, 7) is 6.73. The van der Waals surface area contributed by atoms with Crippen molar-refractivity contribution in [3.8, 4) is 0 Å². The maximum absolute atomic E-state index is 12.4. The molecule has 2 N–H and O–H groups in total. The summed E-state index contributed by atoms with van der Waals surface area (Å²) in [7, 11) is 0. The van der Waals surface area contributed by atoms with E-state index in [1.807, 2.05) is 20.8 Å². The van der Waals surface area contributed by atoms with E-state index in [2.05, 4.69) is 5.32 Å². The van der Waals surface area contributed by atoms with Crippen molar-refractivity contribution in [2.24, 2.45) is 0 Å². The Bertz CT molecular complexity index is 639. The van der Waals surface area contributed by atoms with E-state index in [0.29, 0.717) is 19.3 Å². The number of nitrogens with one attached hydrogen (secondary N) is 1. The van der Waals surface area contributed by atoms with Gasteiger partial charge in [0.05, 0.1) is 0 Å².